The number of aryl methyl sites for hydroxylation is 2. The van der Waals surface area contributed by atoms with Gasteiger partial charge in [0.05, 0.1) is 12.7 Å². The fraction of sp³-hybridized carbons (Fsp3) is 0.500. The summed E-state index contributed by atoms with van der Waals surface area (Å²) in [6.07, 6.45) is 7.45. The lowest BCUT2D eigenvalue weighted by Gasteiger charge is -2.18. The minimum atomic E-state index is -3.61. The molecule has 0 saturated carbocycles. The van der Waals surface area contributed by atoms with Crippen molar-refractivity contribution in [2.45, 2.75) is 69.4 Å². The number of amides is 2. The van der Waals surface area contributed by atoms with Crippen LogP contribution in [0.5, 0.6) is 5.88 Å². The van der Waals surface area contributed by atoms with E-state index in [1.54, 1.807) is 4.68 Å². The molecule has 1 aliphatic heterocycles. The number of hydrogen-bond acceptors (Lipinski definition) is 5. The first-order chi connectivity index (χ1) is 13.7. The van der Waals surface area contributed by atoms with Crippen molar-refractivity contribution in [1.29, 1.82) is 4.78 Å². The third-order valence-electron chi connectivity index (χ3n) is 5.92. The number of nitrogens with one attached hydrogen (secondary N) is 3. The maximum atomic E-state index is 13.0. The Kier molecular flexibility index (Phi) is 3.96. The van der Waals surface area contributed by atoms with E-state index in [0.717, 1.165) is 44.2 Å². The van der Waals surface area contributed by atoms with Gasteiger partial charge in [0.2, 0.25) is 5.88 Å². The number of carbonyl (C=O) groups is 1. The van der Waals surface area contributed by atoms with Gasteiger partial charge < -0.3 is 10.1 Å². The van der Waals surface area contributed by atoms with Crippen LogP contribution in [0.4, 0.5) is 10.5 Å². The minimum absolute atomic E-state index is 0.0988. The van der Waals surface area contributed by atoms with Crippen molar-refractivity contribution in [3.05, 3.63) is 34.5 Å². The van der Waals surface area contributed by atoms with Crippen LogP contribution < -0.4 is 14.8 Å². The van der Waals surface area contributed by atoms with Crippen LogP contribution in [0.15, 0.2) is 17.2 Å². The highest BCUT2D eigenvalue weighted by molar-refractivity contribution is 7.91. The number of rotatable bonds is 3. The van der Waals surface area contributed by atoms with E-state index in [4.69, 9.17) is 9.52 Å². The van der Waals surface area contributed by atoms with Crippen molar-refractivity contribution in [1.82, 2.24) is 14.5 Å². The van der Waals surface area contributed by atoms with Gasteiger partial charge in [0.25, 0.3) is 0 Å². The lowest BCUT2D eigenvalue weighted by molar-refractivity contribution is 0.132. The molecule has 1 aromatic heterocycles. The Morgan fingerprint density at radius 1 is 1.21 bits per heavy atom. The van der Waals surface area contributed by atoms with E-state index in [1.807, 2.05) is 13.8 Å². The van der Waals surface area contributed by atoms with Crippen molar-refractivity contribution in [2.24, 2.45) is 0 Å². The van der Waals surface area contributed by atoms with Gasteiger partial charge in [-0.3, -0.25) is 0 Å². The highest BCUT2D eigenvalue weighted by Crippen LogP contribution is 2.39. The Balaban J connectivity index is 1.40. The predicted molar refractivity (Wildman–Crippen MR) is 109 cm³/mol. The molecule has 3 aliphatic rings. The second kappa shape index (κ2) is 6.22. The van der Waals surface area contributed by atoms with Crippen molar-refractivity contribution >= 4 is 21.6 Å². The fourth-order valence-electron chi connectivity index (χ4n) is 4.72. The molecule has 0 spiro atoms. The molecule has 2 amide bonds. The molecule has 1 unspecified atom stereocenters. The molecule has 29 heavy (non-hydrogen) atoms. The Bertz CT molecular complexity index is 1100. The van der Waals surface area contributed by atoms with Gasteiger partial charge in [0.15, 0.2) is 9.92 Å². The van der Waals surface area contributed by atoms with Gasteiger partial charge in [-0.05, 0) is 74.6 Å². The van der Waals surface area contributed by atoms with Crippen LogP contribution in [-0.2, 0) is 42.1 Å². The molecule has 3 N–H and O–H groups in total. The molecule has 0 bridgehead atoms. The molecule has 8 nitrogen and oxygen atoms in total. The molecule has 154 valence electrons. The van der Waals surface area contributed by atoms with Crippen LogP contribution in [-0.4, -0.2) is 25.6 Å². The van der Waals surface area contributed by atoms with Gasteiger partial charge in [-0.25, -0.2) is 23.2 Å². The van der Waals surface area contributed by atoms with Gasteiger partial charge in [-0.2, -0.15) is 5.10 Å². The molecule has 0 fully saturated rings. The van der Waals surface area contributed by atoms with Gasteiger partial charge in [-0.1, -0.05) is 6.07 Å². The maximum absolute atomic E-state index is 13.0. The van der Waals surface area contributed by atoms with Crippen molar-refractivity contribution in [3.63, 3.8) is 0 Å². The normalized spacial score (nSPS) is 20.3. The van der Waals surface area contributed by atoms with Crippen molar-refractivity contribution < 1.29 is 13.7 Å². The van der Waals surface area contributed by atoms with E-state index in [-0.39, 0.29) is 10.8 Å². The fourth-order valence-corrected chi connectivity index (χ4v) is 5.73. The number of urea groups is 1. The zero-order chi connectivity index (χ0) is 20.4. The molecule has 1 aromatic carbocycles. The highest BCUT2D eigenvalue weighted by atomic mass is 32.2. The summed E-state index contributed by atoms with van der Waals surface area (Å²) < 4.78 is 31.1. The summed E-state index contributed by atoms with van der Waals surface area (Å²) in [4.78, 5) is 12.9. The Morgan fingerprint density at radius 3 is 2.52 bits per heavy atom. The number of aromatic nitrogens is 2. The molecule has 2 aliphatic carbocycles. The largest absolute Gasteiger partial charge is 0.469 e. The van der Waals surface area contributed by atoms with E-state index in [1.165, 1.54) is 28.5 Å². The molecule has 0 saturated heterocycles. The first-order valence-corrected chi connectivity index (χ1v) is 11.6. The first kappa shape index (κ1) is 18.5. The third-order valence-corrected chi connectivity index (χ3v) is 7.29. The summed E-state index contributed by atoms with van der Waals surface area (Å²) in [6, 6.07) is 1.66. The Morgan fingerprint density at radius 2 is 1.86 bits per heavy atom. The van der Waals surface area contributed by atoms with Crippen LogP contribution in [0.25, 0.3) is 0 Å². The SMILES string of the molecule is CC1(C)Cn2ncc(S(=N)(=O)NC(=O)Nc3c4c(cc5c3CCC5)CCC4)c2O1. The molecule has 2 aromatic rings. The highest BCUT2D eigenvalue weighted by Gasteiger charge is 2.36. The summed E-state index contributed by atoms with van der Waals surface area (Å²) in [5, 5.41) is 7.09. The van der Waals surface area contributed by atoms with Crippen LogP contribution in [0.2, 0.25) is 0 Å². The summed E-state index contributed by atoms with van der Waals surface area (Å²) in [5.41, 5.74) is 5.36. The van der Waals surface area contributed by atoms with E-state index < -0.39 is 21.5 Å². The number of fused-ring (bicyclic) bond motifs is 3. The molecule has 5 rings (SSSR count). The lowest BCUT2D eigenvalue weighted by Crippen LogP contribution is -2.34. The number of nitrogens with zero attached hydrogens (tertiary/aromatic N) is 2. The monoisotopic (exact) mass is 415 g/mol. The number of carbonyl (C=O) groups excluding carboxylic acids is 1. The second-order valence-corrected chi connectivity index (χ2v) is 10.4. The smallest absolute Gasteiger partial charge is 0.331 e. The van der Waals surface area contributed by atoms with Gasteiger partial charge in [0, 0.05) is 5.69 Å². The summed E-state index contributed by atoms with van der Waals surface area (Å²) >= 11 is 0. The minimum Gasteiger partial charge on any atom is -0.469 e. The average Bonchev–Trinajstić information content (AvgIpc) is 3.35. The van der Waals surface area contributed by atoms with Gasteiger partial charge >= 0.3 is 6.03 Å². The number of hydrogen-bond donors (Lipinski definition) is 3. The first-order valence-electron chi connectivity index (χ1n) is 10.0. The Hall–Kier alpha value is -2.55. The molecular formula is C20H25N5O3S. The Labute approximate surface area is 170 Å². The molecule has 0 radical (unpaired) electrons. The summed E-state index contributed by atoms with van der Waals surface area (Å²) in [7, 11) is -3.61. The molecule has 9 heteroatoms. The summed E-state index contributed by atoms with van der Waals surface area (Å²) in [6.45, 7) is 4.30. The lowest BCUT2D eigenvalue weighted by atomic mass is 9.99. The average molecular weight is 416 g/mol. The van der Waals surface area contributed by atoms with Gasteiger partial charge in [0.1, 0.15) is 10.5 Å². The number of anilines is 1. The van der Waals surface area contributed by atoms with Crippen LogP contribution in [0, 0.1) is 4.78 Å². The van der Waals surface area contributed by atoms with E-state index in [0.29, 0.717) is 6.54 Å². The van der Waals surface area contributed by atoms with Crippen LogP contribution >= 0.6 is 0 Å². The van der Waals surface area contributed by atoms with Crippen molar-refractivity contribution in [3.8, 4) is 5.88 Å². The zero-order valence-electron chi connectivity index (χ0n) is 16.6. The number of benzene rings is 1. The second-order valence-electron chi connectivity index (χ2n) is 8.68. The number of ether oxygens (including phenoxy) is 1. The topological polar surface area (TPSA) is 109 Å². The van der Waals surface area contributed by atoms with Crippen LogP contribution in [0.1, 0.15) is 48.9 Å². The van der Waals surface area contributed by atoms with Crippen LogP contribution in [0.3, 0.4) is 0 Å². The molecular weight excluding hydrogens is 390 g/mol. The van der Waals surface area contributed by atoms with E-state index in [2.05, 4.69) is 21.2 Å². The molecule has 1 atom stereocenters. The quantitative estimate of drug-likeness (QED) is 0.715. The zero-order valence-corrected chi connectivity index (χ0v) is 17.4. The third kappa shape index (κ3) is 3.08. The summed E-state index contributed by atoms with van der Waals surface area (Å²) in [5.74, 6) is 0.289. The standard InChI is InChI=1S/C20H25N5O3S/c1-20(2)11-25-18(28-20)16(10-22-25)29(21,27)24-19(26)23-17-14-7-3-5-12(14)9-13-6-4-8-15(13)17/h9-10H,3-8,11H2,1-2H3,(H3,21,23,24,26,27). The van der Waals surface area contributed by atoms with E-state index in [9.17, 15) is 9.00 Å². The van der Waals surface area contributed by atoms with Crippen molar-refractivity contribution in [2.75, 3.05) is 5.32 Å². The molecule has 2 heterocycles. The van der Waals surface area contributed by atoms with E-state index >= 15 is 0 Å². The maximum Gasteiger partial charge on any atom is 0.331 e. The predicted octanol–water partition coefficient (Wildman–Crippen LogP) is 3.17. The van der Waals surface area contributed by atoms with Gasteiger partial charge in [-0.15, -0.1) is 0 Å².